The van der Waals surface area contributed by atoms with Gasteiger partial charge in [-0.05, 0) is 153 Å². The van der Waals surface area contributed by atoms with Gasteiger partial charge in [-0.25, -0.2) is 9.59 Å². The highest BCUT2D eigenvalue weighted by atomic mass is 16.5. The smallest absolute Gasteiger partial charge is 0.339 e. The Morgan fingerprint density at radius 3 is 1.11 bits per heavy atom. The molecule has 0 aliphatic carbocycles. The van der Waals surface area contributed by atoms with Crippen LogP contribution in [0.5, 0.6) is 34.5 Å². The maximum atomic E-state index is 11.6. The van der Waals surface area contributed by atoms with Crippen molar-refractivity contribution in [2.24, 2.45) is 0 Å². The molecule has 0 amide bonds. The largest absolute Gasteiger partial charge is 0.508 e. The molecule has 10 rings (SSSR count). The van der Waals surface area contributed by atoms with Crippen molar-refractivity contribution in [3.63, 3.8) is 0 Å². The number of benzene rings is 10. The van der Waals surface area contributed by atoms with E-state index in [1.165, 1.54) is 81.2 Å². The lowest BCUT2D eigenvalue weighted by atomic mass is 9.90. The molecule has 10 aromatic carbocycles. The number of ether oxygens (including phenoxy) is 2. The SMILES string of the molecule is O=C(O)c1cc2ccccc2c(Cc2c(O)c(C(=O)O)cc3ccccc23)c1O.Oc1cc(O)cc(C(O)CNCCCCCCOCCc2ccc3ccccc3c2)c1.Oc1cc(O)cc(C(O)CNCCCCCCOCCc2ccc3ccccc3c2)c1. The Labute approximate surface area is 529 Å². The number of phenols is 6. The molecule has 476 valence electrons. The predicted molar refractivity (Wildman–Crippen MR) is 357 cm³/mol. The van der Waals surface area contributed by atoms with Crippen molar-refractivity contribution in [3.05, 3.63) is 226 Å². The first kappa shape index (κ1) is 67.7. The van der Waals surface area contributed by atoms with Gasteiger partial charge in [0.15, 0.2) is 0 Å². The number of unbranched alkanes of at least 4 members (excludes halogenated alkanes) is 6. The van der Waals surface area contributed by atoms with Gasteiger partial charge < -0.3 is 71.2 Å². The Kier molecular flexibility index (Phi) is 25.8. The number of phenolic OH excluding ortho intramolecular Hbond substituents is 4. The Hall–Kier alpha value is -9.26. The van der Waals surface area contributed by atoms with E-state index in [1.54, 1.807) is 48.5 Å². The molecule has 12 N–H and O–H groups in total. The number of carbonyl (C=O) groups is 2. The number of carboxylic acids is 2. The van der Waals surface area contributed by atoms with Crippen LogP contribution >= 0.6 is 0 Å². The van der Waals surface area contributed by atoms with E-state index >= 15 is 0 Å². The summed E-state index contributed by atoms with van der Waals surface area (Å²) >= 11 is 0. The summed E-state index contributed by atoms with van der Waals surface area (Å²) in [5.41, 5.74) is 3.75. The lowest BCUT2D eigenvalue weighted by molar-refractivity contribution is 0.0682. The number of carboxylic acid groups (broad SMARTS) is 2. The summed E-state index contributed by atoms with van der Waals surface area (Å²) in [5.74, 6) is -3.55. The number of aromatic hydroxyl groups is 6. The molecule has 0 spiro atoms. The molecule has 0 aromatic heterocycles. The number of aromatic carboxylic acids is 2. The average Bonchev–Trinajstić information content (AvgIpc) is 0.783. The molecule has 2 unspecified atom stereocenters. The third-order valence-electron chi connectivity index (χ3n) is 15.8. The average molecular weight is 1240 g/mol. The highest BCUT2D eigenvalue weighted by Gasteiger charge is 2.23. The number of fused-ring (bicyclic) bond motifs is 4. The maximum absolute atomic E-state index is 11.6. The second-order valence-corrected chi connectivity index (χ2v) is 22.7. The van der Waals surface area contributed by atoms with Crippen molar-refractivity contribution in [2.45, 2.75) is 82.8 Å². The molecule has 16 heteroatoms. The Morgan fingerprint density at radius 1 is 0.374 bits per heavy atom. The molecule has 16 nitrogen and oxygen atoms in total. The number of hydrogen-bond donors (Lipinski definition) is 12. The number of rotatable bonds is 30. The zero-order valence-electron chi connectivity index (χ0n) is 51.0. The summed E-state index contributed by atoms with van der Waals surface area (Å²) in [5, 5.41) is 113. The van der Waals surface area contributed by atoms with Crippen LogP contribution in [0.2, 0.25) is 0 Å². The monoisotopic (exact) mass is 1230 g/mol. The van der Waals surface area contributed by atoms with Gasteiger partial charge in [-0.15, -0.1) is 0 Å². The van der Waals surface area contributed by atoms with Gasteiger partial charge in [0.25, 0.3) is 0 Å². The van der Waals surface area contributed by atoms with Gasteiger partial charge in [-0.3, -0.25) is 0 Å². The molecule has 0 aliphatic rings. The molecule has 0 aliphatic heterocycles. The Morgan fingerprint density at radius 2 is 0.725 bits per heavy atom. The molecule has 10 aromatic rings. The van der Waals surface area contributed by atoms with Gasteiger partial charge in [0.2, 0.25) is 0 Å². The third kappa shape index (κ3) is 20.4. The van der Waals surface area contributed by atoms with Crippen molar-refractivity contribution in [1.29, 1.82) is 0 Å². The van der Waals surface area contributed by atoms with E-state index in [-0.39, 0.29) is 40.5 Å². The lowest BCUT2D eigenvalue weighted by Gasteiger charge is -2.16. The summed E-state index contributed by atoms with van der Waals surface area (Å²) in [4.78, 5) is 23.2. The Balaban J connectivity index is 0.000000176. The van der Waals surface area contributed by atoms with Gasteiger partial charge in [-0.2, -0.15) is 0 Å². The van der Waals surface area contributed by atoms with Crippen LogP contribution in [0.1, 0.15) is 118 Å². The van der Waals surface area contributed by atoms with Crippen LogP contribution in [0.3, 0.4) is 0 Å². The molecular formula is C75H82N2O14. The summed E-state index contributed by atoms with van der Waals surface area (Å²) in [6.45, 7) is 5.52. The molecule has 0 radical (unpaired) electrons. The Bertz CT molecular complexity index is 3710. The summed E-state index contributed by atoms with van der Waals surface area (Å²) < 4.78 is 11.6. The number of nitrogens with one attached hydrogen (secondary N) is 2. The number of aliphatic hydroxyl groups is 2. The number of hydrogen-bond acceptors (Lipinski definition) is 14. The van der Waals surface area contributed by atoms with Crippen LogP contribution in [-0.4, -0.2) is 116 Å². The first-order chi connectivity index (χ1) is 44.1. The van der Waals surface area contributed by atoms with Crippen LogP contribution in [0.4, 0.5) is 0 Å². The minimum absolute atomic E-state index is 0.0407. The van der Waals surface area contributed by atoms with Crippen molar-refractivity contribution >= 4 is 55.0 Å². The van der Waals surface area contributed by atoms with Crippen LogP contribution < -0.4 is 10.6 Å². The molecule has 0 heterocycles. The topological polar surface area (TPSA) is 279 Å². The van der Waals surface area contributed by atoms with Crippen LogP contribution in [0.25, 0.3) is 43.1 Å². The van der Waals surface area contributed by atoms with Gasteiger partial charge >= 0.3 is 11.9 Å². The van der Waals surface area contributed by atoms with Gasteiger partial charge in [0.05, 0.1) is 25.4 Å². The first-order valence-electron chi connectivity index (χ1n) is 31.0. The summed E-state index contributed by atoms with van der Waals surface area (Å²) in [6, 6.07) is 55.1. The van der Waals surface area contributed by atoms with Gasteiger partial charge in [-0.1, -0.05) is 159 Å². The summed E-state index contributed by atoms with van der Waals surface area (Å²) in [7, 11) is 0. The molecule has 0 saturated heterocycles. The zero-order valence-corrected chi connectivity index (χ0v) is 51.0. The van der Waals surface area contributed by atoms with Gasteiger partial charge in [0.1, 0.15) is 45.6 Å². The lowest BCUT2D eigenvalue weighted by Crippen LogP contribution is -2.22. The van der Waals surface area contributed by atoms with E-state index in [2.05, 4.69) is 95.6 Å². The highest BCUT2D eigenvalue weighted by molar-refractivity contribution is 6.02. The molecular weight excluding hydrogens is 1150 g/mol. The van der Waals surface area contributed by atoms with Crippen molar-refractivity contribution < 1.29 is 70.1 Å². The fraction of sp³-hybridized carbons (Fsp3) is 0.280. The van der Waals surface area contributed by atoms with E-state index in [1.807, 2.05) is 0 Å². The molecule has 0 bridgehead atoms. The fourth-order valence-corrected chi connectivity index (χ4v) is 11.0. The predicted octanol–water partition coefficient (Wildman–Crippen LogP) is 13.8. The molecule has 2 atom stereocenters. The highest BCUT2D eigenvalue weighted by Crippen LogP contribution is 2.39. The van der Waals surface area contributed by atoms with Crippen molar-refractivity contribution in [3.8, 4) is 34.5 Å². The van der Waals surface area contributed by atoms with E-state index in [9.17, 15) is 60.7 Å². The van der Waals surface area contributed by atoms with Crippen LogP contribution in [0.15, 0.2) is 182 Å². The zero-order chi connectivity index (χ0) is 64.5. The second-order valence-electron chi connectivity index (χ2n) is 22.7. The normalized spacial score (nSPS) is 11.9. The number of aliphatic hydroxyl groups excluding tert-OH is 2. The van der Waals surface area contributed by atoms with Crippen molar-refractivity contribution in [1.82, 2.24) is 10.6 Å². The van der Waals surface area contributed by atoms with E-state index in [0.29, 0.717) is 56.9 Å². The maximum Gasteiger partial charge on any atom is 0.339 e. The minimum Gasteiger partial charge on any atom is -0.508 e. The first-order valence-corrected chi connectivity index (χ1v) is 31.0. The van der Waals surface area contributed by atoms with Crippen molar-refractivity contribution in [2.75, 3.05) is 52.6 Å². The standard InChI is InChI=1S/2C26H33NO4.C23H16O6/c2*28-24-16-23(17-25(29)18-24)26(30)19-27-12-5-1-2-6-13-31-14-11-20-9-10-21-7-3-4-8-22(21)15-20;24-20-16(14-7-3-1-5-12(14)9-18(20)22(26)27)11-17-15-8-4-2-6-13(15)10-19(21(17)25)23(28)29/h2*3-4,7-10,15-18,26-30H,1-2,5-6,11-14,19H2;1-10,24-25H,11H2,(H,26,27)(H,28,29). The molecule has 0 saturated carbocycles. The second kappa shape index (κ2) is 34.6. The van der Waals surface area contributed by atoms with E-state index in [4.69, 9.17) is 9.47 Å². The van der Waals surface area contributed by atoms with Crippen LogP contribution in [-0.2, 0) is 28.7 Å². The molecule has 91 heavy (non-hydrogen) atoms. The van der Waals surface area contributed by atoms with Gasteiger partial charge in [0, 0.05) is 56.0 Å². The third-order valence-corrected chi connectivity index (χ3v) is 15.8. The molecule has 0 fully saturated rings. The van der Waals surface area contributed by atoms with E-state index < -0.39 is 35.6 Å². The quantitative estimate of drug-likeness (QED) is 0.0187. The fourth-order valence-electron chi connectivity index (χ4n) is 11.0. The summed E-state index contributed by atoms with van der Waals surface area (Å²) in [6.07, 6.45) is 9.00. The van der Waals surface area contributed by atoms with E-state index in [0.717, 1.165) is 104 Å². The van der Waals surface area contributed by atoms with Crippen LogP contribution in [0, 0.1) is 0 Å². The minimum atomic E-state index is -1.28.